The number of ether oxygens (including phenoxy) is 1. The maximum absolute atomic E-state index is 14.6. The molecule has 4 heterocycles. The maximum atomic E-state index is 14.6. The summed E-state index contributed by atoms with van der Waals surface area (Å²) >= 11 is 0. The minimum absolute atomic E-state index is 0.138. The lowest BCUT2D eigenvalue weighted by atomic mass is 10.0. The summed E-state index contributed by atoms with van der Waals surface area (Å²) in [5.74, 6) is 0.715. The Balaban J connectivity index is 1.48. The van der Waals surface area contributed by atoms with Gasteiger partial charge < -0.3 is 19.0 Å². The van der Waals surface area contributed by atoms with E-state index >= 15 is 0 Å². The highest BCUT2D eigenvalue weighted by molar-refractivity contribution is 7.92. The average molecular weight is 562 g/mol. The number of nitrogens with zero attached hydrogens (tertiary/aromatic N) is 4. The molecular formula is C28H24FN5O5S. The number of sulfonamides is 1. The second-order valence-electron chi connectivity index (χ2n) is 10.1. The standard InChI is InChI=1S/C28H24FN5O5S/c1-30-28(35)24-17-9-16(20(33(2)40(3,36)37)11-22(17)39-26(24)14-7-8-14)27-31-12-23-25(32-27)21-10-15-18(29)5-4-6-19(15)34(21)13-38-23/h4-6,9-12,14H,7-8,13H2,1-3H3,(H,30,35). The SMILES string of the molecule is CNC(=O)c1c(C2CC2)oc2cc(N(C)S(C)(=O)=O)c(-c3ncc4c(n3)-c3cc5c(F)cccc5n3CO4)cc12. The lowest BCUT2D eigenvalue weighted by Gasteiger charge is -2.22. The molecule has 0 saturated heterocycles. The van der Waals surface area contributed by atoms with Crippen molar-refractivity contribution in [1.29, 1.82) is 0 Å². The molecule has 0 bridgehead atoms. The molecule has 0 unspecified atom stereocenters. The van der Waals surface area contributed by atoms with Crippen molar-refractivity contribution in [2.24, 2.45) is 0 Å². The summed E-state index contributed by atoms with van der Waals surface area (Å²) in [6.07, 6.45) is 4.45. The fourth-order valence-electron chi connectivity index (χ4n) is 5.27. The number of fused-ring (bicyclic) bond motifs is 6. The third kappa shape index (κ3) is 3.66. The molecular weight excluding hydrogens is 537 g/mol. The molecule has 0 radical (unpaired) electrons. The quantitative estimate of drug-likeness (QED) is 0.332. The van der Waals surface area contributed by atoms with Crippen LogP contribution in [-0.2, 0) is 16.8 Å². The highest BCUT2D eigenvalue weighted by Gasteiger charge is 2.35. The van der Waals surface area contributed by atoms with E-state index in [2.05, 4.69) is 10.3 Å². The van der Waals surface area contributed by atoms with Gasteiger partial charge in [0.05, 0.1) is 34.9 Å². The fourth-order valence-corrected chi connectivity index (χ4v) is 5.78. The van der Waals surface area contributed by atoms with Gasteiger partial charge in [0.2, 0.25) is 10.0 Å². The van der Waals surface area contributed by atoms with Crippen molar-refractivity contribution in [3.05, 3.63) is 59.7 Å². The van der Waals surface area contributed by atoms with Crippen LogP contribution in [-0.4, -0.2) is 49.2 Å². The van der Waals surface area contributed by atoms with Gasteiger partial charge in [-0.1, -0.05) is 6.07 Å². The number of furan rings is 1. The lowest BCUT2D eigenvalue weighted by Crippen LogP contribution is -2.25. The molecule has 40 heavy (non-hydrogen) atoms. The van der Waals surface area contributed by atoms with E-state index in [0.29, 0.717) is 55.9 Å². The summed E-state index contributed by atoms with van der Waals surface area (Å²) in [7, 11) is -0.693. The van der Waals surface area contributed by atoms with Crippen LogP contribution in [0.15, 0.2) is 47.0 Å². The largest absolute Gasteiger partial charge is 0.469 e. The van der Waals surface area contributed by atoms with Gasteiger partial charge >= 0.3 is 0 Å². The van der Waals surface area contributed by atoms with E-state index in [-0.39, 0.29) is 35.9 Å². The molecule has 0 atom stereocenters. The van der Waals surface area contributed by atoms with E-state index in [9.17, 15) is 17.6 Å². The predicted octanol–water partition coefficient (Wildman–Crippen LogP) is 4.63. The van der Waals surface area contributed by atoms with Crippen LogP contribution in [0.4, 0.5) is 10.1 Å². The number of carbonyl (C=O) groups excluding carboxylic acids is 1. The van der Waals surface area contributed by atoms with Gasteiger partial charge in [-0.05, 0) is 37.1 Å². The van der Waals surface area contributed by atoms with E-state index < -0.39 is 10.0 Å². The predicted molar refractivity (Wildman–Crippen MR) is 147 cm³/mol. The highest BCUT2D eigenvalue weighted by atomic mass is 32.2. The molecule has 2 aliphatic rings. The molecule has 7 rings (SSSR count). The Hall–Kier alpha value is -4.45. The molecule has 10 nitrogen and oxygen atoms in total. The van der Waals surface area contributed by atoms with Gasteiger partial charge in [0.25, 0.3) is 5.91 Å². The summed E-state index contributed by atoms with van der Waals surface area (Å²) < 4.78 is 54.9. The second kappa shape index (κ2) is 8.52. The lowest BCUT2D eigenvalue weighted by molar-refractivity contribution is 0.0962. The highest BCUT2D eigenvalue weighted by Crippen LogP contribution is 2.47. The van der Waals surface area contributed by atoms with E-state index in [4.69, 9.17) is 14.1 Å². The van der Waals surface area contributed by atoms with Crippen molar-refractivity contribution < 1.29 is 26.8 Å². The molecule has 2 aromatic carbocycles. The van der Waals surface area contributed by atoms with Crippen LogP contribution in [0.5, 0.6) is 5.75 Å². The Bertz CT molecular complexity index is 1990. The number of rotatable bonds is 5. The van der Waals surface area contributed by atoms with E-state index in [1.807, 2.05) is 10.6 Å². The van der Waals surface area contributed by atoms with Crippen LogP contribution in [0, 0.1) is 5.82 Å². The molecule has 1 aliphatic heterocycles. The zero-order valence-electron chi connectivity index (χ0n) is 21.9. The van der Waals surface area contributed by atoms with Crippen molar-refractivity contribution in [1.82, 2.24) is 19.9 Å². The summed E-state index contributed by atoms with van der Waals surface area (Å²) in [6.45, 7) is 0.167. The maximum Gasteiger partial charge on any atom is 0.255 e. The number of aromatic nitrogens is 3. The first-order chi connectivity index (χ1) is 19.2. The van der Waals surface area contributed by atoms with E-state index in [0.717, 1.165) is 23.4 Å². The van der Waals surface area contributed by atoms with Crippen LogP contribution in [0.25, 0.3) is 44.6 Å². The van der Waals surface area contributed by atoms with Crippen LogP contribution in [0.1, 0.15) is 34.9 Å². The minimum atomic E-state index is -3.69. The molecule has 204 valence electrons. The summed E-state index contributed by atoms with van der Waals surface area (Å²) in [5.41, 5.74) is 3.25. The minimum Gasteiger partial charge on any atom is -0.469 e. The summed E-state index contributed by atoms with van der Waals surface area (Å²) in [4.78, 5) is 22.3. The van der Waals surface area contributed by atoms with Gasteiger partial charge in [0.1, 0.15) is 22.9 Å². The molecule has 1 N–H and O–H groups in total. The summed E-state index contributed by atoms with van der Waals surface area (Å²) in [5, 5.41) is 3.66. The monoisotopic (exact) mass is 561 g/mol. The van der Waals surface area contributed by atoms with Crippen LogP contribution >= 0.6 is 0 Å². The van der Waals surface area contributed by atoms with E-state index in [1.54, 1.807) is 31.3 Å². The normalized spacial score (nSPS) is 14.6. The molecule has 12 heteroatoms. The van der Waals surface area contributed by atoms with Gasteiger partial charge in [0.15, 0.2) is 18.3 Å². The fraction of sp³-hybridized carbons (Fsp3) is 0.250. The third-order valence-corrected chi connectivity index (χ3v) is 8.74. The zero-order chi connectivity index (χ0) is 27.9. The van der Waals surface area contributed by atoms with Crippen LogP contribution in [0.3, 0.4) is 0 Å². The molecule has 0 spiro atoms. The van der Waals surface area contributed by atoms with Crippen LogP contribution in [0.2, 0.25) is 0 Å². The number of halogens is 1. The van der Waals surface area contributed by atoms with Gasteiger partial charge in [-0.25, -0.2) is 22.8 Å². The number of benzene rings is 2. The van der Waals surface area contributed by atoms with Crippen molar-refractivity contribution >= 4 is 43.5 Å². The molecule has 1 aliphatic carbocycles. The second-order valence-corrected chi connectivity index (χ2v) is 12.1. The van der Waals surface area contributed by atoms with Gasteiger partial charge in [-0.3, -0.25) is 9.10 Å². The number of anilines is 1. The van der Waals surface area contributed by atoms with E-state index in [1.165, 1.54) is 19.3 Å². The first-order valence-electron chi connectivity index (χ1n) is 12.7. The zero-order valence-corrected chi connectivity index (χ0v) is 22.7. The van der Waals surface area contributed by atoms with Crippen LogP contribution < -0.4 is 14.4 Å². The van der Waals surface area contributed by atoms with Crippen molar-refractivity contribution in [3.63, 3.8) is 0 Å². The van der Waals surface area contributed by atoms with Crippen molar-refractivity contribution in [2.45, 2.75) is 25.5 Å². The number of hydrogen-bond acceptors (Lipinski definition) is 7. The van der Waals surface area contributed by atoms with Crippen molar-refractivity contribution in [3.8, 4) is 28.5 Å². The first-order valence-corrected chi connectivity index (χ1v) is 14.5. The topological polar surface area (TPSA) is 120 Å². The smallest absolute Gasteiger partial charge is 0.255 e. The van der Waals surface area contributed by atoms with Crippen molar-refractivity contribution in [2.75, 3.05) is 24.7 Å². The average Bonchev–Trinajstić information content (AvgIpc) is 3.61. The number of carbonyl (C=O) groups is 1. The third-order valence-electron chi connectivity index (χ3n) is 7.55. The Morgan fingerprint density at radius 1 is 1.20 bits per heavy atom. The molecule has 1 saturated carbocycles. The number of hydrogen-bond donors (Lipinski definition) is 1. The number of nitrogens with one attached hydrogen (secondary N) is 1. The summed E-state index contributed by atoms with van der Waals surface area (Å²) in [6, 6.07) is 9.87. The Kier molecular flexibility index (Phi) is 5.24. The molecule has 3 aromatic heterocycles. The Morgan fingerprint density at radius 3 is 2.73 bits per heavy atom. The van der Waals surface area contributed by atoms with Gasteiger partial charge in [0, 0.05) is 42.4 Å². The molecule has 1 fully saturated rings. The van der Waals surface area contributed by atoms with Gasteiger partial charge in [-0.15, -0.1) is 0 Å². The molecule has 1 amide bonds. The number of amides is 1. The first kappa shape index (κ1) is 24.6. The Morgan fingerprint density at radius 2 is 2.00 bits per heavy atom. The molecule has 5 aromatic rings. The van der Waals surface area contributed by atoms with Gasteiger partial charge in [-0.2, -0.15) is 0 Å². The Labute approximate surface area is 228 Å².